The number of sulfone groups is 1. The Morgan fingerprint density at radius 2 is 2.00 bits per heavy atom. The lowest BCUT2D eigenvalue weighted by Gasteiger charge is -2.17. The maximum Gasteiger partial charge on any atom is 0.227 e. The van der Waals surface area contributed by atoms with Crippen molar-refractivity contribution in [2.75, 3.05) is 29.5 Å². The standard InChI is InChI=1S/C17H22N2O4S/c1-12-2-4-15(5-3-12)19-10-14(8-16(19)20)17(21)18-9-13-6-7-24(22,23)11-13/h2-5,13-14H,6-11H2,1H3,(H,18,21)/t13-,14+/m1/s1. The third kappa shape index (κ3) is 3.77. The van der Waals surface area contributed by atoms with E-state index in [1.165, 1.54) is 0 Å². The molecule has 6 nitrogen and oxygen atoms in total. The molecule has 0 aromatic heterocycles. The Morgan fingerprint density at radius 1 is 1.29 bits per heavy atom. The Kier molecular flexibility index (Phi) is 4.62. The summed E-state index contributed by atoms with van der Waals surface area (Å²) >= 11 is 0. The van der Waals surface area contributed by atoms with Crippen LogP contribution in [0, 0.1) is 18.8 Å². The number of nitrogens with zero attached hydrogens (tertiary/aromatic N) is 1. The summed E-state index contributed by atoms with van der Waals surface area (Å²) in [5.74, 6) is -0.256. The zero-order valence-electron chi connectivity index (χ0n) is 13.7. The zero-order chi connectivity index (χ0) is 17.3. The van der Waals surface area contributed by atoms with Crippen molar-refractivity contribution < 1.29 is 18.0 Å². The van der Waals surface area contributed by atoms with Crippen molar-refractivity contribution in [3.05, 3.63) is 29.8 Å². The summed E-state index contributed by atoms with van der Waals surface area (Å²) in [4.78, 5) is 26.1. The van der Waals surface area contributed by atoms with Gasteiger partial charge in [0.2, 0.25) is 11.8 Å². The maximum absolute atomic E-state index is 12.3. The van der Waals surface area contributed by atoms with E-state index in [0.29, 0.717) is 19.5 Å². The number of aryl methyl sites for hydroxylation is 1. The second-order valence-corrected chi connectivity index (χ2v) is 8.98. The SMILES string of the molecule is Cc1ccc(N2C[C@@H](C(=O)NC[C@H]3CCS(=O)(=O)C3)CC2=O)cc1. The van der Waals surface area contributed by atoms with E-state index < -0.39 is 9.84 Å². The van der Waals surface area contributed by atoms with Crippen molar-refractivity contribution in [3.63, 3.8) is 0 Å². The number of amides is 2. The molecule has 0 aliphatic carbocycles. The van der Waals surface area contributed by atoms with Crippen LogP contribution in [-0.4, -0.2) is 44.8 Å². The van der Waals surface area contributed by atoms with Crippen molar-refractivity contribution in [1.29, 1.82) is 0 Å². The topological polar surface area (TPSA) is 83.6 Å². The number of benzene rings is 1. The molecule has 2 amide bonds. The van der Waals surface area contributed by atoms with E-state index in [9.17, 15) is 18.0 Å². The van der Waals surface area contributed by atoms with Gasteiger partial charge in [-0.3, -0.25) is 9.59 Å². The Labute approximate surface area is 142 Å². The van der Waals surface area contributed by atoms with Crippen LogP contribution in [0.5, 0.6) is 0 Å². The van der Waals surface area contributed by atoms with Crippen LogP contribution in [0.3, 0.4) is 0 Å². The van der Waals surface area contributed by atoms with Gasteiger partial charge in [-0.15, -0.1) is 0 Å². The molecule has 0 saturated carbocycles. The lowest BCUT2D eigenvalue weighted by molar-refractivity contribution is -0.126. The van der Waals surface area contributed by atoms with Gasteiger partial charge in [0.25, 0.3) is 0 Å². The third-order valence-electron chi connectivity index (χ3n) is 4.73. The number of carbonyl (C=O) groups excluding carboxylic acids is 2. The highest BCUT2D eigenvalue weighted by atomic mass is 32.2. The van der Waals surface area contributed by atoms with Crippen molar-refractivity contribution in [1.82, 2.24) is 5.32 Å². The number of rotatable bonds is 4. The Bertz CT molecular complexity index is 742. The molecule has 0 spiro atoms. The predicted molar refractivity (Wildman–Crippen MR) is 91.4 cm³/mol. The molecule has 1 N–H and O–H groups in total. The van der Waals surface area contributed by atoms with E-state index >= 15 is 0 Å². The van der Waals surface area contributed by atoms with E-state index in [0.717, 1.165) is 11.3 Å². The first-order chi connectivity index (χ1) is 11.3. The minimum atomic E-state index is -2.93. The molecule has 24 heavy (non-hydrogen) atoms. The molecule has 2 heterocycles. The molecule has 3 rings (SSSR count). The first kappa shape index (κ1) is 17.0. The van der Waals surface area contributed by atoms with Gasteiger partial charge in [-0.1, -0.05) is 17.7 Å². The average Bonchev–Trinajstić information content (AvgIpc) is 3.08. The first-order valence-corrected chi connectivity index (χ1v) is 10.0. The monoisotopic (exact) mass is 350 g/mol. The van der Waals surface area contributed by atoms with E-state index in [1.807, 2.05) is 31.2 Å². The van der Waals surface area contributed by atoms with Crippen molar-refractivity contribution in [2.45, 2.75) is 19.8 Å². The molecule has 1 aromatic rings. The van der Waals surface area contributed by atoms with Crippen LogP contribution in [-0.2, 0) is 19.4 Å². The van der Waals surface area contributed by atoms with Gasteiger partial charge in [-0.25, -0.2) is 8.42 Å². The highest BCUT2D eigenvalue weighted by Gasteiger charge is 2.36. The highest BCUT2D eigenvalue weighted by molar-refractivity contribution is 7.91. The van der Waals surface area contributed by atoms with Gasteiger partial charge in [0, 0.05) is 25.2 Å². The molecule has 0 unspecified atom stereocenters. The van der Waals surface area contributed by atoms with Gasteiger partial charge >= 0.3 is 0 Å². The number of nitrogens with one attached hydrogen (secondary N) is 1. The predicted octanol–water partition coefficient (Wildman–Crippen LogP) is 0.899. The van der Waals surface area contributed by atoms with Crippen LogP contribution in [0.25, 0.3) is 0 Å². The van der Waals surface area contributed by atoms with Crippen LogP contribution in [0.2, 0.25) is 0 Å². The minimum Gasteiger partial charge on any atom is -0.355 e. The lowest BCUT2D eigenvalue weighted by Crippen LogP contribution is -2.36. The molecule has 2 saturated heterocycles. The van der Waals surface area contributed by atoms with Crippen molar-refractivity contribution in [2.24, 2.45) is 11.8 Å². The minimum absolute atomic E-state index is 0.00995. The summed E-state index contributed by atoms with van der Waals surface area (Å²) in [6.07, 6.45) is 0.796. The largest absolute Gasteiger partial charge is 0.355 e. The molecule has 7 heteroatoms. The summed E-state index contributed by atoms with van der Waals surface area (Å²) < 4.78 is 22.9. The van der Waals surface area contributed by atoms with Crippen molar-refractivity contribution >= 4 is 27.3 Å². The third-order valence-corrected chi connectivity index (χ3v) is 6.57. The Morgan fingerprint density at radius 3 is 2.62 bits per heavy atom. The molecule has 2 aliphatic heterocycles. The Balaban J connectivity index is 1.55. The average molecular weight is 350 g/mol. The lowest BCUT2D eigenvalue weighted by atomic mass is 10.1. The zero-order valence-corrected chi connectivity index (χ0v) is 14.5. The van der Waals surface area contributed by atoms with Crippen LogP contribution in [0.1, 0.15) is 18.4 Å². The van der Waals surface area contributed by atoms with Crippen LogP contribution < -0.4 is 10.2 Å². The second kappa shape index (κ2) is 6.55. The van der Waals surface area contributed by atoms with Gasteiger partial charge < -0.3 is 10.2 Å². The molecule has 2 fully saturated rings. The molecular formula is C17H22N2O4S. The molecule has 130 valence electrons. The van der Waals surface area contributed by atoms with Crippen molar-refractivity contribution in [3.8, 4) is 0 Å². The highest BCUT2D eigenvalue weighted by Crippen LogP contribution is 2.25. The fourth-order valence-corrected chi connectivity index (χ4v) is 5.14. The van der Waals surface area contributed by atoms with E-state index in [2.05, 4.69) is 5.32 Å². The molecule has 0 radical (unpaired) electrons. The number of carbonyl (C=O) groups is 2. The van der Waals surface area contributed by atoms with Gasteiger partial charge in [0.15, 0.2) is 9.84 Å². The van der Waals surface area contributed by atoms with E-state index in [4.69, 9.17) is 0 Å². The van der Waals surface area contributed by atoms with Crippen LogP contribution in [0.4, 0.5) is 5.69 Å². The van der Waals surface area contributed by atoms with Gasteiger partial charge in [0.05, 0.1) is 17.4 Å². The summed E-state index contributed by atoms with van der Waals surface area (Å²) in [6, 6.07) is 7.65. The molecule has 0 bridgehead atoms. The maximum atomic E-state index is 12.3. The number of anilines is 1. The summed E-state index contributed by atoms with van der Waals surface area (Å²) in [6.45, 7) is 2.72. The summed E-state index contributed by atoms with van der Waals surface area (Å²) in [5, 5.41) is 2.82. The van der Waals surface area contributed by atoms with Gasteiger partial charge in [0.1, 0.15) is 0 Å². The fourth-order valence-electron chi connectivity index (χ4n) is 3.28. The van der Waals surface area contributed by atoms with Crippen LogP contribution >= 0.6 is 0 Å². The molecule has 2 atom stereocenters. The van der Waals surface area contributed by atoms with E-state index in [1.54, 1.807) is 4.90 Å². The normalized spacial score (nSPS) is 25.9. The molecular weight excluding hydrogens is 328 g/mol. The second-order valence-electron chi connectivity index (χ2n) is 6.76. The van der Waals surface area contributed by atoms with Gasteiger partial charge in [-0.05, 0) is 31.4 Å². The summed E-state index contributed by atoms with van der Waals surface area (Å²) in [5.41, 5.74) is 1.92. The smallest absolute Gasteiger partial charge is 0.227 e. The fraction of sp³-hybridized carbons (Fsp3) is 0.529. The quantitative estimate of drug-likeness (QED) is 0.874. The van der Waals surface area contributed by atoms with E-state index in [-0.39, 0.29) is 41.6 Å². The molecule has 2 aliphatic rings. The van der Waals surface area contributed by atoms with Crippen LogP contribution in [0.15, 0.2) is 24.3 Å². The molecule has 1 aromatic carbocycles. The van der Waals surface area contributed by atoms with Gasteiger partial charge in [-0.2, -0.15) is 0 Å². The number of hydrogen-bond donors (Lipinski definition) is 1. The number of hydrogen-bond acceptors (Lipinski definition) is 4. The first-order valence-electron chi connectivity index (χ1n) is 8.19. The summed E-state index contributed by atoms with van der Waals surface area (Å²) in [7, 11) is -2.93. The Hall–Kier alpha value is -1.89.